The summed E-state index contributed by atoms with van der Waals surface area (Å²) in [4.78, 5) is 14.3. The second-order valence-electron chi connectivity index (χ2n) is 5.98. The molecule has 1 aromatic carbocycles. The Morgan fingerprint density at radius 3 is 2.88 bits per heavy atom. The van der Waals surface area contributed by atoms with Gasteiger partial charge in [-0.05, 0) is 42.7 Å². The largest absolute Gasteiger partial charge is 0.497 e. The molecule has 0 bridgehead atoms. The van der Waals surface area contributed by atoms with E-state index < -0.39 is 0 Å². The molecule has 1 aromatic heterocycles. The summed E-state index contributed by atoms with van der Waals surface area (Å²) >= 11 is 1.86. The zero-order chi connectivity index (χ0) is 17.5. The van der Waals surface area contributed by atoms with Crippen molar-refractivity contribution < 1.29 is 13.9 Å². The van der Waals surface area contributed by atoms with E-state index in [4.69, 9.17) is 9.15 Å². The fourth-order valence-corrected chi connectivity index (χ4v) is 4.07. The number of carbonyl (C=O) groups is 1. The van der Waals surface area contributed by atoms with E-state index in [1.165, 1.54) is 5.56 Å². The molecule has 0 saturated carbocycles. The smallest absolute Gasteiger partial charge is 0.317 e. The zero-order valence-corrected chi connectivity index (χ0v) is 15.3. The van der Waals surface area contributed by atoms with Crippen molar-refractivity contribution >= 4 is 17.8 Å². The van der Waals surface area contributed by atoms with Crippen molar-refractivity contribution in [2.75, 3.05) is 32.5 Å². The number of benzene rings is 1. The Bertz CT molecular complexity index is 658. The Labute approximate surface area is 152 Å². The highest BCUT2D eigenvalue weighted by Crippen LogP contribution is 2.34. The number of thioether (sulfide) groups is 1. The predicted molar refractivity (Wildman–Crippen MR) is 100 cm³/mol. The van der Waals surface area contributed by atoms with Crippen LogP contribution in [0.1, 0.15) is 23.0 Å². The molecule has 1 unspecified atom stereocenters. The van der Waals surface area contributed by atoms with E-state index in [-0.39, 0.29) is 6.03 Å². The van der Waals surface area contributed by atoms with Gasteiger partial charge >= 0.3 is 6.03 Å². The standard InChI is InChI=1S/C19H24N2O3S/c1-23-16-6-4-15(5-7-16)8-10-20-19(22)21-11-9-18(25-14-12-21)17-3-2-13-24-17/h2-7,13,18H,8-12,14H2,1H3,(H,20,22). The van der Waals surface area contributed by atoms with Crippen molar-refractivity contribution in [3.05, 3.63) is 54.0 Å². The molecular weight excluding hydrogens is 336 g/mol. The van der Waals surface area contributed by atoms with Crippen LogP contribution in [0.4, 0.5) is 4.79 Å². The first-order chi connectivity index (χ1) is 12.3. The van der Waals surface area contributed by atoms with Crippen molar-refractivity contribution in [3.8, 4) is 5.75 Å². The Morgan fingerprint density at radius 1 is 1.32 bits per heavy atom. The van der Waals surface area contributed by atoms with E-state index in [0.29, 0.717) is 11.8 Å². The molecule has 1 N–H and O–H groups in total. The van der Waals surface area contributed by atoms with Crippen LogP contribution in [0.5, 0.6) is 5.75 Å². The van der Waals surface area contributed by atoms with Gasteiger partial charge in [0.1, 0.15) is 11.5 Å². The van der Waals surface area contributed by atoms with Crippen molar-refractivity contribution in [2.24, 2.45) is 0 Å². The number of ether oxygens (including phenoxy) is 1. The third-order valence-electron chi connectivity index (χ3n) is 4.34. The van der Waals surface area contributed by atoms with Crippen LogP contribution in [0.2, 0.25) is 0 Å². The minimum atomic E-state index is 0.0224. The first kappa shape index (κ1) is 17.7. The van der Waals surface area contributed by atoms with Crippen molar-refractivity contribution in [3.63, 3.8) is 0 Å². The number of nitrogens with one attached hydrogen (secondary N) is 1. The number of carbonyl (C=O) groups excluding carboxylic acids is 1. The van der Waals surface area contributed by atoms with Crippen LogP contribution in [0.25, 0.3) is 0 Å². The van der Waals surface area contributed by atoms with Crippen LogP contribution in [0.15, 0.2) is 47.1 Å². The van der Waals surface area contributed by atoms with Gasteiger partial charge in [0.2, 0.25) is 0 Å². The van der Waals surface area contributed by atoms with Crippen LogP contribution < -0.4 is 10.1 Å². The Hall–Kier alpha value is -2.08. The fraction of sp³-hybridized carbons (Fsp3) is 0.421. The molecule has 0 spiro atoms. The monoisotopic (exact) mass is 360 g/mol. The van der Waals surface area contributed by atoms with Crippen molar-refractivity contribution in [1.82, 2.24) is 10.2 Å². The number of hydrogen-bond donors (Lipinski definition) is 1. The summed E-state index contributed by atoms with van der Waals surface area (Å²) < 4.78 is 10.7. The van der Waals surface area contributed by atoms with Crippen LogP contribution in [-0.2, 0) is 6.42 Å². The predicted octanol–water partition coefficient (Wildman–Crippen LogP) is 3.72. The number of urea groups is 1. The lowest BCUT2D eigenvalue weighted by Crippen LogP contribution is -2.41. The molecule has 1 aliphatic rings. The summed E-state index contributed by atoms with van der Waals surface area (Å²) in [6.07, 6.45) is 3.45. The molecule has 2 amide bonds. The highest BCUT2D eigenvalue weighted by molar-refractivity contribution is 7.99. The van der Waals surface area contributed by atoms with Gasteiger partial charge in [0.15, 0.2) is 0 Å². The average molecular weight is 360 g/mol. The molecule has 0 aliphatic carbocycles. The molecule has 0 radical (unpaired) electrons. The molecule has 1 saturated heterocycles. The zero-order valence-electron chi connectivity index (χ0n) is 14.4. The summed E-state index contributed by atoms with van der Waals surface area (Å²) in [5.41, 5.74) is 1.19. The number of rotatable bonds is 5. The molecule has 1 aliphatic heterocycles. The van der Waals surface area contributed by atoms with Crippen LogP contribution in [0.3, 0.4) is 0 Å². The van der Waals surface area contributed by atoms with Gasteiger partial charge in [0.05, 0.1) is 18.6 Å². The van der Waals surface area contributed by atoms with Crippen LogP contribution in [0, 0.1) is 0 Å². The van der Waals surface area contributed by atoms with Gasteiger partial charge in [0, 0.05) is 25.4 Å². The minimum Gasteiger partial charge on any atom is -0.497 e. The van der Waals surface area contributed by atoms with Gasteiger partial charge in [-0.1, -0.05) is 12.1 Å². The summed E-state index contributed by atoms with van der Waals surface area (Å²) in [6, 6.07) is 11.9. The summed E-state index contributed by atoms with van der Waals surface area (Å²) in [5.74, 6) is 2.78. The van der Waals surface area contributed by atoms with Gasteiger partial charge < -0.3 is 19.4 Å². The Kier molecular flexibility index (Phi) is 6.28. The molecule has 134 valence electrons. The summed E-state index contributed by atoms with van der Waals surface area (Å²) in [7, 11) is 1.66. The number of furan rings is 1. The molecule has 1 fully saturated rings. The number of methoxy groups -OCH3 is 1. The van der Waals surface area contributed by atoms with E-state index in [0.717, 1.165) is 43.2 Å². The molecule has 25 heavy (non-hydrogen) atoms. The lowest BCUT2D eigenvalue weighted by atomic mass is 10.1. The quantitative estimate of drug-likeness (QED) is 0.883. The number of nitrogens with zero attached hydrogens (tertiary/aromatic N) is 1. The van der Waals surface area contributed by atoms with Crippen molar-refractivity contribution in [1.29, 1.82) is 0 Å². The van der Waals surface area contributed by atoms with E-state index in [9.17, 15) is 4.79 Å². The lowest BCUT2D eigenvalue weighted by molar-refractivity contribution is 0.201. The molecule has 2 heterocycles. The normalized spacial score (nSPS) is 17.8. The first-order valence-corrected chi connectivity index (χ1v) is 9.62. The number of hydrogen-bond acceptors (Lipinski definition) is 4. The highest BCUT2D eigenvalue weighted by Gasteiger charge is 2.23. The van der Waals surface area contributed by atoms with Gasteiger partial charge in [-0.3, -0.25) is 0 Å². The van der Waals surface area contributed by atoms with Gasteiger partial charge in [-0.2, -0.15) is 0 Å². The lowest BCUT2D eigenvalue weighted by Gasteiger charge is -2.20. The Balaban J connectivity index is 1.43. The van der Waals surface area contributed by atoms with E-state index in [1.54, 1.807) is 13.4 Å². The van der Waals surface area contributed by atoms with Gasteiger partial charge in [-0.15, -0.1) is 11.8 Å². The van der Waals surface area contributed by atoms with Crippen molar-refractivity contribution in [2.45, 2.75) is 18.1 Å². The maximum absolute atomic E-state index is 12.4. The Morgan fingerprint density at radius 2 is 2.16 bits per heavy atom. The number of amides is 2. The molecular formula is C19H24N2O3S. The first-order valence-electron chi connectivity index (χ1n) is 8.57. The van der Waals surface area contributed by atoms with Crippen LogP contribution in [-0.4, -0.2) is 43.4 Å². The second kappa shape index (κ2) is 8.85. The highest BCUT2D eigenvalue weighted by atomic mass is 32.2. The molecule has 6 heteroatoms. The third-order valence-corrected chi connectivity index (χ3v) is 5.63. The molecule has 3 rings (SSSR count). The SMILES string of the molecule is COc1ccc(CCNC(=O)N2CCSC(c3ccco3)CC2)cc1. The van der Waals surface area contributed by atoms with Gasteiger partial charge in [0.25, 0.3) is 0 Å². The van der Waals surface area contributed by atoms with Gasteiger partial charge in [-0.25, -0.2) is 4.79 Å². The molecule has 2 aromatic rings. The van der Waals surface area contributed by atoms with Crippen LogP contribution >= 0.6 is 11.8 Å². The second-order valence-corrected chi connectivity index (χ2v) is 7.29. The topological polar surface area (TPSA) is 54.7 Å². The summed E-state index contributed by atoms with van der Waals surface area (Å²) in [6.45, 7) is 2.17. The van der Waals surface area contributed by atoms with E-state index in [1.807, 2.05) is 53.1 Å². The third kappa shape index (κ3) is 4.95. The maximum Gasteiger partial charge on any atom is 0.317 e. The van der Waals surface area contributed by atoms with E-state index in [2.05, 4.69) is 5.32 Å². The molecule has 5 nitrogen and oxygen atoms in total. The fourth-order valence-electron chi connectivity index (χ4n) is 2.89. The molecule has 1 atom stereocenters. The average Bonchev–Trinajstić information content (AvgIpc) is 3.06. The minimum absolute atomic E-state index is 0.0224. The summed E-state index contributed by atoms with van der Waals surface area (Å²) in [5, 5.41) is 3.37. The maximum atomic E-state index is 12.4. The van der Waals surface area contributed by atoms with E-state index >= 15 is 0 Å².